The minimum Gasteiger partial charge on any atom is -0.504 e. The topological polar surface area (TPSA) is 103 Å². The highest BCUT2D eigenvalue weighted by Gasteiger charge is 2.67. The molecule has 3 fully saturated rings. The summed E-state index contributed by atoms with van der Waals surface area (Å²) in [6.07, 6.45) is 11.0. The smallest absolute Gasteiger partial charge is 0.309 e. The molecule has 4 N–H and O–H groups in total. The fourth-order valence-corrected chi connectivity index (χ4v) is 10.8. The minimum absolute atomic E-state index is 0.0536. The Balaban J connectivity index is 1.47. The van der Waals surface area contributed by atoms with Crippen molar-refractivity contribution in [2.24, 2.45) is 27.6 Å². The molecular weight excluding hydrogens is 550 g/mol. The molecule has 44 heavy (non-hydrogen) atoms. The zero-order valence-electron chi connectivity index (χ0n) is 27.2. The number of benzene rings is 2. The Hall–Kier alpha value is -3.41. The summed E-state index contributed by atoms with van der Waals surface area (Å²) in [6.45, 7) is 13.6. The first-order valence-electron chi connectivity index (χ1n) is 16.3. The van der Waals surface area contributed by atoms with Gasteiger partial charge in [-0.1, -0.05) is 51.5 Å². The van der Waals surface area contributed by atoms with E-state index in [-0.39, 0.29) is 39.1 Å². The SMILES string of the molecule is COc1cccc2c(C3C=C4[C@@](C)(CC[C@@]5(C)C6C[C@](C)(C(=O)O)CC[C@]6(C)CC[C@]45C)c4cc(O)c(O)c(C)c43)c[nH]c12. The van der Waals surface area contributed by atoms with Crippen molar-refractivity contribution < 1.29 is 24.9 Å². The first-order valence-corrected chi connectivity index (χ1v) is 16.3. The second-order valence-corrected chi connectivity index (χ2v) is 15.9. The summed E-state index contributed by atoms with van der Waals surface area (Å²) in [7, 11) is 1.69. The lowest BCUT2D eigenvalue weighted by Crippen LogP contribution is -2.62. The van der Waals surface area contributed by atoms with Gasteiger partial charge in [0.2, 0.25) is 0 Å². The summed E-state index contributed by atoms with van der Waals surface area (Å²) >= 11 is 0. The summed E-state index contributed by atoms with van der Waals surface area (Å²) in [4.78, 5) is 16.0. The van der Waals surface area contributed by atoms with Gasteiger partial charge in [0.1, 0.15) is 5.75 Å². The van der Waals surface area contributed by atoms with Crippen molar-refractivity contribution in [2.75, 3.05) is 7.11 Å². The number of aromatic hydroxyl groups is 2. The molecule has 0 radical (unpaired) electrons. The number of hydrogen-bond acceptors (Lipinski definition) is 4. The molecule has 0 amide bonds. The van der Waals surface area contributed by atoms with Crippen LogP contribution >= 0.6 is 0 Å². The van der Waals surface area contributed by atoms with Crippen molar-refractivity contribution in [3.63, 3.8) is 0 Å². The van der Waals surface area contributed by atoms with E-state index in [1.807, 2.05) is 32.0 Å². The Kier molecular flexibility index (Phi) is 6.05. The Morgan fingerprint density at radius 3 is 2.43 bits per heavy atom. The van der Waals surface area contributed by atoms with Gasteiger partial charge < -0.3 is 25.0 Å². The predicted octanol–water partition coefficient (Wildman–Crippen LogP) is 8.72. The molecule has 234 valence electrons. The molecule has 6 nitrogen and oxygen atoms in total. The van der Waals surface area contributed by atoms with Crippen LogP contribution in [0.2, 0.25) is 0 Å². The Bertz CT molecular complexity index is 1750. The van der Waals surface area contributed by atoms with E-state index >= 15 is 0 Å². The molecule has 0 aliphatic heterocycles. The number of hydrogen-bond donors (Lipinski definition) is 4. The number of H-pyrrole nitrogens is 1. The second-order valence-electron chi connectivity index (χ2n) is 15.9. The number of carboxylic acids is 1. The summed E-state index contributed by atoms with van der Waals surface area (Å²) in [5, 5.41) is 33.5. The molecule has 2 unspecified atom stereocenters. The van der Waals surface area contributed by atoms with Crippen molar-refractivity contribution in [1.82, 2.24) is 4.98 Å². The zero-order chi connectivity index (χ0) is 31.6. The maximum atomic E-state index is 12.6. The molecule has 4 aliphatic carbocycles. The molecule has 2 aromatic carbocycles. The van der Waals surface area contributed by atoms with Gasteiger partial charge in [0, 0.05) is 22.9 Å². The highest BCUT2D eigenvalue weighted by molar-refractivity contribution is 5.90. The van der Waals surface area contributed by atoms with Crippen molar-refractivity contribution >= 4 is 16.9 Å². The number of phenols is 2. The molecule has 3 saturated carbocycles. The number of allylic oxidation sites excluding steroid dienone is 2. The zero-order valence-corrected chi connectivity index (χ0v) is 27.2. The number of carboxylic acid groups (broad SMARTS) is 1. The predicted molar refractivity (Wildman–Crippen MR) is 173 cm³/mol. The van der Waals surface area contributed by atoms with Crippen molar-refractivity contribution in [3.8, 4) is 17.2 Å². The second kappa shape index (κ2) is 9.08. The molecule has 4 aliphatic rings. The third-order valence-corrected chi connectivity index (χ3v) is 13.9. The number of carbonyl (C=O) groups is 1. The maximum Gasteiger partial charge on any atom is 0.309 e. The quantitative estimate of drug-likeness (QED) is 0.179. The van der Waals surface area contributed by atoms with Crippen LogP contribution in [0.3, 0.4) is 0 Å². The molecule has 6 heteroatoms. The van der Waals surface area contributed by atoms with Gasteiger partial charge in [-0.05, 0) is 115 Å². The number of para-hydroxylation sites is 1. The number of ether oxygens (including phenoxy) is 1. The molecule has 1 heterocycles. The van der Waals surface area contributed by atoms with Crippen LogP contribution in [-0.2, 0) is 10.2 Å². The van der Waals surface area contributed by atoms with Crippen LogP contribution in [-0.4, -0.2) is 33.4 Å². The van der Waals surface area contributed by atoms with E-state index in [4.69, 9.17) is 4.74 Å². The average Bonchev–Trinajstić information content (AvgIpc) is 3.43. The number of fused-ring (bicyclic) bond motifs is 8. The highest BCUT2D eigenvalue weighted by atomic mass is 16.5. The standard InChI is InChI=1S/C38H47NO5/c1-21-30-23(24-20-39-31-22(24)9-8-10-27(31)44-7)17-28-36(4,25(30)18-26(40)32(21)41)14-16-38(6)29-19-35(3,33(42)43)12-11-34(29,2)13-15-37(28,38)5/h8-10,17-18,20,23,29,39-41H,11-16,19H2,1-7H3,(H,42,43)/t23?,29?,34-,35-,36+,37-,38+/m1/s1. The maximum absolute atomic E-state index is 12.6. The molecule has 0 spiro atoms. The van der Waals surface area contributed by atoms with Crippen LogP contribution in [0.1, 0.15) is 108 Å². The molecular formula is C38H47NO5. The summed E-state index contributed by atoms with van der Waals surface area (Å²) < 4.78 is 5.69. The van der Waals surface area contributed by atoms with Crippen LogP contribution < -0.4 is 4.74 Å². The molecule has 1 aromatic heterocycles. The largest absolute Gasteiger partial charge is 0.504 e. The lowest BCUT2D eigenvalue weighted by Gasteiger charge is -2.70. The normalized spacial score (nSPS) is 37.8. The van der Waals surface area contributed by atoms with Gasteiger partial charge >= 0.3 is 5.97 Å². The first kappa shape index (κ1) is 29.3. The highest BCUT2D eigenvalue weighted by Crippen LogP contribution is 2.75. The van der Waals surface area contributed by atoms with E-state index in [0.717, 1.165) is 77.4 Å². The van der Waals surface area contributed by atoms with Crippen LogP contribution in [0.4, 0.5) is 0 Å². The number of phenolic OH excluding ortho intramolecular Hbond substituents is 2. The van der Waals surface area contributed by atoms with Crippen molar-refractivity contribution in [3.05, 3.63) is 64.4 Å². The number of aliphatic carboxylic acids is 1. The number of aromatic amines is 1. The van der Waals surface area contributed by atoms with Crippen molar-refractivity contribution in [2.45, 2.75) is 97.8 Å². The van der Waals surface area contributed by atoms with Gasteiger partial charge in [-0.2, -0.15) is 0 Å². The number of rotatable bonds is 3. The van der Waals surface area contributed by atoms with E-state index in [1.54, 1.807) is 7.11 Å². The van der Waals surface area contributed by atoms with E-state index in [2.05, 4.69) is 51.0 Å². The van der Waals surface area contributed by atoms with Crippen LogP contribution in [0.25, 0.3) is 10.9 Å². The number of nitrogens with one attached hydrogen (secondary N) is 1. The lowest BCUT2D eigenvalue weighted by atomic mass is 9.34. The van der Waals surface area contributed by atoms with E-state index < -0.39 is 11.4 Å². The summed E-state index contributed by atoms with van der Waals surface area (Å²) in [5.74, 6) is 0.159. The molecule has 3 aromatic rings. The van der Waals surface area contributed by atoms with Gasteiger partial charge in [0.25, 0.3) is 0 Å². The summed E-state index contributed by atoms with van der Waals surface area (Å²) in [6, 6.07) is 7.93. The minimum atomic E-state index is -0.703. The third-order valence-electron chi connectivity index (χ3n) is 13.9. The van der Waals surface area contributed by atoms with Gasteiger partial charge in [-0.3, -0.25) is 4.79 Å². The van der Waals surface area contributed by atoms with E-state index in [1.165, 1.54) is 5.57 Å². The van der Waals surface area contributed by atoms with Crippen molar-refractivity contribution in [1.29, 1.82) is 0 Å². The van der Waals surface area contributed by atoms with Crippen LogP contribution in [0.15, 0.2) is 42.1 Å². The first-order chi connectivity index (χ1) is 20.6. The van der Waals surface area contributed by atoms with E-state index in [9.17, 15) is 20.1 Å². The molecule has 0 saturated heterocycles. The number of methoxy groups -OCH3 is 1. The van der Waals surface area contributed by atoms with Crippen LogP contribution in [0, 0.1) is 34.5 Å². The van der Waals surface area contributed by atoms with Crippen LogP contribution in [0.5, 0.6) is 17.2 Å². The fraction of sp³-hybridized carbons (Fsp3) is 0.553. The third kappa shape index (κ3) is 3.51. The van der Waals surface area contributed by atoms with Gasteiger partial charge in [-0.25, -0.2) is 0 Å². The average molecular weight is 598 g/mol. The van der Waals surface area contributed by atoms with E-state index in [0.29, 0.717) is 12.3 Å². The molecule has 7 atom stereocenters. The Labute approximate surface area is 260 Å². The Morgan fingerprint density at radius 2 is 1.73 bits per heavy atom. The monoisotopic (exact) mass is 597 g/mol. The van der Waals surface area contributed by atoms with Gasteiger partial charge in [-0.15, -0.1) is 0 Å². The number of aromatic nitrogens is 1. The van der Waals surface area contributed by atoms with Gasteiger partial charge in [0.15, 0.2) is 11.5 Å². The Morgan fingerprint density at radius 1 is 1.00 bits per heavy atom. The van der Waals surface area contributed by atoms with Gasteiger partial charge in [0.05, 0.1) is 18.0 Å². The molecule has 7 rings (SSSR count). The molecule has 0 bridgehead atoms. The summed E-state index contributed by atoms with van der Waals surface area (Å²) in [5.41, 5.74) is 5.21. The lowest BCUT2D eigenvalue weighted by molar-refractivity contribution is -0.177. The fourth-order valence-electron chi connectivity index (χ4n) is 10.8.